The van der Waals surface area contributed by atoms with Crippen LogP contribution in [0.2, 0.25) is 0 Å². The molecule has 0 bridgehead atoms. The van der Waals surface area contributed by atoms with Gasteiger partial charge in [0.1, 0.15) is 18.0 Å². The molecule has 2 aromatic carbocycles. The molecule has 0 aromatic heterocycles. The van der Waals surface area contributed by atoms with Gasteiger partial charge in [0.15, 0.2) is 0 Å². The number of nitrogens with one attached hydrogen (secondary N) is 2. The van der Waals surface area contributed by atoms with Crippen LogP contribution < -0.4 is 15.4 Å². The number of urea groups is 1. The largest absolute Gasteiger partial charge is 0.489 e. The van der Waals surface area contributed by atoms with Crippen LogP contribution in [0, 0.1) is 5.92 Å². The quantitative estimate of drug-likeness (QED) is 0.348. The number of rotatable bonds is 11. The number of amides is 3. The molecule has 0 aliphatic heterocycles. The van der Waals surface area contributed by atoms with E-state index in [0.29, 0.717) is 32.0 Å². The van der Waals surface area contributed by atoms with E-state index in [4.69, 9.17) is 9.47 Å². The Morgan fingerprint density at radius 1 is 0.895 bits per heavy atom. The van der Waals surface area contributed by atoms with Crippen LogP contribution in [0.1, 0.15) is 72.9 Å². The smallest absolute Gasteiger partial charge is 0.407 e. The number of nitrogens with zero attached hydrogens (tertiary/aromatic N) is 1. The fraction of sp³-hybridized carbons (Fsp3) is 0.548. The van der Waals surface area contributed by atoms with Gasteiger partial charge in [-0.25, -0.2) is 9.59 Å². The summed E-state index contributed by atoms with van der Waals surface area (Å²) >= 11 is 0. The zero-order valence-electron chi connectivity index (χ0n) is 24.5. The van der Waals surface area contributed by atoms with Crippen molar-refractivity contribution in [3.63, 3.8) is 0 Å². The molecule has 210 valence electrons. The van der Waals surface area contributed by atoms with Gasteiger partial charge in [0, 0.05) is 18.6 Å². The average Bonchev–Trinajstić information content (AvgIpc) is 2.79. The Hall–Kier alpha value is -3.22. The Kier molecular flexibility index (Phi) is 11.5. The number of benzene rings is 2. The molecule has 2 rings (SSSR count). The Labute approximate surface area is 229 Å². The van der Waals surface area contributed by atoms with Crippen LogP contribution in [0.5, 0.6) is 5.75 Å². The van der Waals surface area contributed by atoms with Crippen LogP contribution in [-0.4, -0.2) is 47.3 Å². The lowest BCUT2D eigenvalue weighted by Gasteiger charge is -2.32. The van der Waals surface area contributed by atoms with Gasteiger partial charge in [0.05, 0.1) is 6.04 Å². The molecule has 1 atom stereocenters. The van der Waals surface area contributed by atoms with E-state index in [1.54, 1.807) is 4.90 Å². The first-order valence-electron chi connectivity index (χ1n) is 13.5. The highest BCUT2D eigenvalue weighted by Gasteiger charge is 2.26. The number of ether oxygens (including phenoxy) is 2. The van der Waals surface area contributed by atoms with Gasteiger partial charge in [-0.2, -0.15) is 0 Å². The van der Waals surface area contributed by atoms with Gasteiger partial charge < -0.3 is 25.0 Å². The molecule has 7 heteroatoms. The van der Waals surface area contributed by atoms with Crippen molar-refractivity contribution in [2.45, 2.75) is 92.0 Å². The molecule has 1 unspecified atom stereocenters. The van der Waals surface area contributed by atoms with Crippen LogP contribution in [0.25, 0.3) is 0 Å². The third-order valence-electron chi connectivity index (χ3n) is 5.53. The number of hydrogen-bond donors (Lipinski definition) is 2. The van der Waals surface area contributed by atoms with E-state index in [1.165, 1.54) is 0 Å². The van der Waals surface area contributed by atoms with Crippen LogP contribution in [0.3, 0.4) is 0 Å². The second-order valence-electron chi connectivity index (χ2n) is 12.3. The molecular weight excluding hydrogens is 478 g/mol. The van der Waals surface area contributed by atoms with E-state index < -0.39 is 11.7 Å². The number of alkyl carbamates (subject to hydrolysis) is 1. The van der Waals surface area contributed by atoms with Crippen LogP contribution in [0.4, 0.5) is 9.59 Å². The van der Waals surface area contributed by atoms with Crippen molar-refractivity contribution in [2.24, 2.45) is 5.92 Å². The van der Waals surface area contributed by atoms with E-state index in [2.05, 4.69) is 24.5 Å². The fourth-order valence-electron chi connectivity index (χ4n) is 3.92. The van der Waals surface area contributed by atoms with Gasteiger partial charge in [0.25, 0.3) is 0 Å². The molecule has 38 heavy (non-hydrogen) atoms. The van der Waals surface area contributed by atoms with Crippen molar-refractivity contribution < 1.29 is 19.1 Å². The molecule has 0 aliphatic carbocycles. The lowest BCUT2D eigenvalue weighted by Crippen LogP contribution is -2.53. The van der Waals surface area contributed by atoms with E-state index in [9.17, 15) is 9.59 Å². The summed E-state index contributed by atoms with van der Waals surface area (Å²) in [7, 11) is 0. The zero-order valence-corrected chi connectivity index (χ0v) is 24.5. The molecule has 3 amide bonds. The molecule has 0 saturated heterocycles. The molecule has 0 heterocycles. The molecule has 2 aromatic rings. The minimum atomic E-state index is -0.591. The third kappa shape index (κ3) is 12.8. The first-order chi connectivity index (χ1) is 17.7. The van der Waals surface area contributed by atoms with E-state index in [-0.39, 0.29) is 17.6 Å². The Morgan fingerprint density at radius 3 is 2.08 bits per heavy atom. The van der Waals surface area contributed by atoms with E-state index in [0.717, 1.165) is 23.3 Å². The summed E-state index contributed by atoms with van der Waals surface area (Å²) in [5, 5.41) is 6.06. The van der Waals surface area contributed by atoms with E-state index in [1.807, 2.05) is 96.1 Å². The molecule has 7 nitrogen and oxygen atoms in total. The van der Waals surface area contributed by atoms with Gasteiger partial charge in [-0.3, -0.25) is 0 Å². The topological polar surface area (TPSA) is 79.9 Å². The number of hydrogen-bond acceptors (Lipinski definition) is 4. The first kappa shape index (κ1) is 31.0. The Balaban J connectivity index is 2.07. The van der Waals surface area contributed by atoms with Crippen LogP contribution in [-0.2, 0) is 17.8 Å². The molecule has 0 radical (unpaired) electrons. The Morgan fingerprint density at radius 2 is 1.53 bits per heavy atom. The molecule has 0 spiro atoms. The third-order valence-corrected chi connectivity index (χ3v) is 5.53. The van der Waals surface area contributed by atoms with E-state index >= 15 is 0 Å². The van der Waals surface area contributed by atoms with Gasteiger partial charge >= 0.3 is 12.1 Å². The second-order valence-corrected chi connectivity index (χ2v) is 12.3. The first-order valence-corrected chi connectivity index (χ1v) is 13.5. The van der Waals surface area contributed by atoms with Gasteiger partial charge in [-0.05, 0) is 83.6 Å². The highest BCUT2D eigenvalue weighted by molar-refractivity contribution is 5.75. The van der Waals surface area contributed by atoms with Crippen molar-refractivity contribution in [1.29, 1.82) is 0 Å². The number of carbonyl (C=O) groups is 2. The van der Waals surface area contributed by atoms with Crippen molar-refractivity contribution >= 4 is 12.1 Å². The maximum atomic E-state index is 13.2. The average molecular weight is 526 g/mol. The van der Waals surface area contributed by atoms with Gasteiger partial charge in [-0.15, -0.1) is 0 Å². The summed E-state index contributed by atoms with van der Waals surface area (Å²) in [4.78, 5) is 27.5. The lowest BCUT2D eigenvalue weighted by molar-refractivity contribution is 0.0487. The molecule has 0 saturated carbocycles. The highest BCUT2D eigenvalue weighted by atomic mass is 16.6. The SMILES string of the molecule is CC(C)CC(CN(CCc1ccc(OCc2ccccc2)cc1)C(=O)NC(C)(C)C)NC(=O)OC(C)(C)C. The molecule has 0 aliphatic rings. The maximum Gasteiger partial charge on any atom is 0.407 e. The zero-order chi connectivity index (χ0) is 28.3. The Bertz CT molecular complexity index is 993. The van der Waals surface area contributed by atoms with Crippen molar-refractivity contribution in [3.05, 3.63) is 65.7 Å². The minimum absolute atomic E-state index is 0.153. The van der Waals surface area contributed by atoms with Crippen LogP contribution in [0.15, 0.2) is 54.6 Å². The maximum absolute atomic E-state index is 13.2. The molecule has 0 fully saturated rings. The number of carbonyl (C=O) groups excluding carboxylic acids is 2. The highest BCUT2D eigenvalue weighted by Crippen LogP contribution is 2.16. The summed E-state index contributed by atoms with van der Waals surface area (Å²) in [5.74, 6) is 1.14. The predicted octanol–water partition coefficient (Wildman–Crippen LogP) is 6.56. The summed E-state index contributed by atoms with van der Waals surface area (Å²) in [6.07, 6.45) is 0.939. The molecule has 2 N–H and O–H groups in total. The monoisotopic (exact) mass is 525 g/mol. The summed E-state index contributed by atoms with van der Waals surface area (Å²) < 4.78 is 11.4. The predicted molar refractivity (Wildman–Crippen MR) is 153 cm³/mol. The van der Waals surface area contributed by atoms with Crippen molar-refractivity contribution in [2.75, 3.05) is 13.1 Å². The summed E-state index contributed by atoms with van der Waals surface area (Å²) in [5.41, 5.74) is 1.26. The minimum Gasteiger partial charge on any atom is -0.489 e. The fourth-order valence-corrected chi connectivity index (χ4v) is 3.92. The van der Waals surface area contributed by atoms with Crippen LogP contribution >= 0.6 is 0 Å². The van der Waals surface area contributed by atoms with Gasteiger partial charge in [-0.1, -0.05) is 56.3 Å². The summed E-state index contributed by atoms with van der Waals surface area (Å²) in [6.45, 7) is 17.0. The van der Waals surface area contributed by atoms with Gasteiger partial charge in [0.2, 0.25) is 0 Å². The van der Waals surface area contributed by atoms with Crippen molar-refractivity contribution in [3.8, 4) is 5.75 Å². The molecular formula is C31H47N3O4. The summed E-state index contributed by atoms with van der Waals surface area (Å²) in [6, 6.07) is 17.7. The standard InChI is InChI=1S/C31H47N3O4/c1-23(2)20-26(32-29(36)38-31(6,7)8)21-34(28(35)33-30(3,4)5)19-18-24-14-16-27(17-15-24)37-22-25-12-10-9-11-13-25/h9-17,23,26H,18-22H2,1-8H3,(H,32,36)(H,33,35). The second kappa shape index (κ2) is 14.1. The van der Waals surface area contributed by atoms with Crippen molar-refractivity contribution in [1.82, 2.24) is 15.5 Å². The lowest BCUT2D eigenvalue weighted by atomic mass is 10.0. The normalized spacial score (nSPS) is 12.6.